The summed E-state index contributed by atoms with van der Waals surface area (Å²) in [6.07, 6.45) is 16.8. The van der Waals surface area contributed by atoms with Crippen LogP contribution in [0.5, 0.6) is 0 Å². The minimum atomic E-state index is -0.351. The van der Waals surface area contributed by atoms with E-state index in [-0.39, 0.29) is 18.1 Å². The Morgan fingerprint density at radius 3 is 2.79 bits per heavy atom. The molecule has 0 radical (unpaired) electrons. The van der Waals surface area contributed by atoms with Gasteiger partial charge in [-0.05, 0) is 63.3 Å². The van der Waals surface area contributed by atoms with Gasteiger partial charge in [-0.15, -0.1) is 0 Å². The van der Waals surface area contributed by atoms with Crippen LogP contribution in [0.3, 0.4) is 0 Å². The summed E-state index contributed by atoms with van der Waals surface area (Å²) >= 11 is 0. The van der Waals surface area contributed by atoms with Crippen molar-refractivity contribution >= 4 is 0 Å². The van der Waals surface area contributed by atoms with E-state index in [0.717, 1.165) is 51.5 Å². The second-order valence-corrected chi connectivity index (χ2v) is 7.81. The number of fused-ring (bicyclic) bond motifs is 1. The molecule has 2 aliphatic rings. The highest BCUT2D eigenvalue weighted by Crippen LogP contribution is 2.50. The fourth-order valence-electron chi connectivity index (χ4n) is 4.49. The van der Waals surface area contributed by atoms with Crippen LogP contribution in [0.1, 0.15) is 71.1 Å². The summed E-state index contributed by atoms with van der Waals surface area (Å²) < 4.78 is 0. The summed E-state index contributed by atoms with van der Waals surface area (Å²) in [6.45, 7) is 2.96. The molecule has 0 amide bonds. The zero-order chi connectivity index (χ0) is 17.4. The van der Waals surface area contributed by atoms with Crippen molar-refractivity contribution in [3.05, 3.63) is 23.8 Å². The standard InChI is InChI=1S/C21H37NO2/c1-2-3-5-9-18(23)10-11-19-20-14-16(8-6-4-7-12-22)13-17(20)15-21(19)24/h8,10-11,17-21,23-24H,2-7,9,12-15,22H2,1H3/t17?,18-,19+,20-,21+/m0/s1. The highest BCUT2D eigenvalue weighted by atomic mass is 16.3. The molecule has 0 aromatic heterocycles. The monoisotopic (exact) mass is 335 g/mol. The molecule has 0 aliphatic heterocycles. The molecule has 3 nitrogen and oxygen atoms in total. The molecule has 1 unspecified atom stereocenters. The van der Waals surface area contributed by atoms with Crippen molar-refractivity contribution in [2.75, 3.05) is 6.54 Å². The molecule has 2 rings (SSSR count). The summed E-state index contributed by atoms with van der Waals surface area (Å²) in [5.74, 6) is 1.43. The zero-order valence-corrected chi connectivity index (χ0v) is 15.4. The Morgan fingerprint density at radius 1 is 1.21 bits per heavy atom. The predicted molar refractivity (Wildman–Crippen MR) is 101 cm³/mol. The molecule has 0 bridgehead atoms. The van der Waals surface area contributed by atoms with Crippen molar-refractivity contribution in [2.45, 2.75) is 83.3 Å². The molecule has 0 aromatic carbocycles. The molecule has 24 heavy (non-hydrogen) atoms. The predicted octanol–water partition coefficient (Wildman–Crippen LogP) is 3.95. The number of aliphatic hydroxyl groups is 2. The molecule has 5 atom stereocenters. The number of hydrogen-bond acceptors (Lipinski definition) is 3. The van der Waals surface area contributed by atoms with Crippen molar-refractivity contribution in [3.8, 4) is 0 Å². The number of rotatable bonds is 10. The molecule has 4 N–H and O–H groups in total. The fraction of sp³-hybridized carbons (Fsp3) is 0.810. The molecule has 0 aromatic rings. The van der Waals surface area contributed by atoms with Crippen LogP contribution in [-0.2, 0) is 0 Å². The van der Waals surface area contributed by atoms with Gasteiger partial charge in [0.05, 0.1) is 12.2 Å². The average molecular weight is 336 g/mol. The number of nitrogens with two attached hydrogens (primary N) is 1. The van der Waals surface area contributed by atoms with Crippen LogP contribution in [0, 0.1) is 17.8 Å². The van der Waals surface area contributed by atoms with E-state index in [0.29, 0.717) is 11.8 Å². The largest absolute Gasteiger partial charge is 0.392 e. The van der Waals surface area contributed by atoms with Crippen molar-refractivity contribution in [2.24, 2.45) is 23.5 Å². The summed E-state index contributed by atoms with van der Waals surface area (Å²) in [4.78, 5) is 0. The number of hydrogen-bond donors (Lipinski definition) is 3. The van der Waals surface area contributed by atoms with Gasteiger partial charge in [-0.3, -0.25) is 0 Å². The topological polar surface area (TPSA) is 66.5 Å². The third-order valence-corrected chi connectivity index (χ3v) is 5.86. The number of allylic oxidation sites excluding steroid dienone is 2. The van der Waals surface area contributed by atoms with Gasteiger partial charge in [0.2, 0.25) is 0 Å². The maximum absolute atomic E-state index is 10.4. The molecule has 138 valence electrons. The zero-order valence-electron chi connectivity index (χ0n) is 15.4. The maximum atomic E-state index is 10.4. The lowest BCUT2D eigenvalue weighted by molar-refractivity contribution is 0.139. The summed E-state index contributed by atoms with van der Waals surface area (Å²) in [6, 6.07) is 0. The van der Waals surface area contributed by atoms with Gasteiger partial charge in [0.1, 0.15) is 0 Å². The molecular formula is C21H37NO2. The molecule has 2 fully saturated rings. The Hall–Kier alpha value is -0.640. The lowest BCUT2D eigenvalue weighted by Gasteiger charge is -2.17. The first kappa shape index (κ1) is 19.7. The van der Waals surface area contributed by atoms with Crippen LogP contribution in [0.2, 0.25) is 0 Å². The first-order valence-corrected chi connectivity index (χ1v) is 10.1. The van der Waals surface area contributed by atoms with Gasteiger partial charge in [0.15, 0.2) is 0 Å². The molecule has 0 heterocycles. The van der Waals surface area contributed by atoms with Gasteiger partial charge in [0, 0.05) is 5.92 Å². The quantitative estimate of drug-likeness (QED) is 0.418. The maximum Gasteiger partial charge on any atom is 0.0721 e. The summed E-state index contributed by atoms with van der Waals surface area (Å²) in [5.41, 5.74) is 7.13. The molecular weight excluding hydrogens is 298 g/mol. The SMILES string of the molecule is CCCCC[C@H](O)C=C[C@H]1[C@H](O)CC2CC(=CCCCCN)C[C@@H]21. The Morgan fingerprint density at radius 2 is 2.04 bits per heavy atom. The Labute approximate surface area is 148 Å². The second kappa shape index (κ2) is 10.4. The molecule has 0 saturated heterocycles. The third-order valence-electron chi connectivity index (χ3n) is 5.86. The van der Waals surface area contributed by atoms with E-state index in [1.54, 1.807) is 5.57 Å². The van der Waals surface area contributed by atoms with E-state index in [2.05, 4.69) is 19.1 Å². The first-order chi connectivity index (χ1) is 11.7. The van der Waals surface area contributed by atoms with Crippen molar-refractivity contribution < 1.29 is 10.2 Å². The van der Waals surface area contributed by atoms with Gasteiger partial charge >= 0.3 is 0 Å². The van der Waals surface area contributed by atoms with Gasteiger partial charge in [-0.1, -0.05) is 50.0 Å². The smallest absolute Gasteiger partial charge is 0.0721 e. The van der Waals surface area contributed by atoms with E-state index in [4.69, 9.17) is 5.73 Å². The van der Waals surface area contributed by atoms with Gasteiger partial charge < -0.3 is 15.9 Å². The van der Waals surface area contributed by atoms with E-state index in [1.807, 2.05) is 6.08 Å². The van der Waals surface area contributed by atoms with Crippen LogP contribution in [0.25, 0.3) is 0 Å². The molecule has 2 aliphatic carbocycles. The molecule has 0 spiro atoms. The molecule has 3 heteroatoms. The summed E-state index contributed by atoms with van der Waals surface area (Å²) in [7, 11) is 0. The first-order valence-electron chi connectivity index (χ1n) is 10.1. The summed E-state index contributed by atoms with van der Waals surface area (Å²) in [5, 5.41) is 20.5. The van der Waals surface area contributed by atoms with Crippen LogP contribution in [-0.4, -0.2) is 29.0 Å². The Balaban J connectivity index is 1.83. The van der Waals surface area contributed by atoms with Crippen molar-refractivity contribution in [1.82, 2.24) is 0 Å². The normalized spacial score (nSPS) is 32.8. The number of aliphatic hydroxyl groups excluding tert-OH is 2. The highest BCUT2D eigenvalue weighted by molar-refractivity contribution is 5.17. The number of unbranched alkanes of at least 4 members (excludes halogenated alkanes) is 4. The minimum absolute atomic E-state index is 0.224. The van der Waals surface area contributed by atoms with E-state index < -0.39 is 0 Å². The highest BCUT2D eigenvalue weighted by Gasteiger charge is 2.44. The van der Waals surface area contributed by atoms with Gasteiger partial charge in [-0.2, -0.15) is 0 Å². The van der Waals surface area contributed by atoms with Crippen molar-refractivity contribution in [1.29, 1.82) is 0 Å². The fourth-order valence-corrected chi connectivity index (χ4v) is 4.49. The second-order valence-electron chi connectivity index (χ2n) is 7.81. The lowest BCUT2D eigenvalue weighted by atomic mass is 9.90. The van der Waals surface area contributed by atoms with E-state index in [1.165, 1.54) is 19.3 Å². The third kappa shape index (κ3) is 5.72. The van der Waals surface area contributed by atoms with E-state index >= 15 is 0 Å². The van der Waals surface area contributed by atoms with Crippen LogP contribution < -0.4 is 5.73 Å². The lowest BCUT2D eigenvalue weighted by Crippen LogP contribution is -2.17. The Bertz CT molecular complexity index is 418. The van der Waals surface area contributed by atoms with Crippen LogP contribution >= 0.6 is 0 Å². The average Bonchev–Trinajstić information content (AvgIpc) is 3.06. The van der Waals surface area contributed by atoms with Crippen LogP contribution in [0.4, 0.5) is 0 Å². The van der Waals surface area contributed by atoms with Crippen LogP contribution in [0.15, 0.2) is 23.8 Å². The Kier molecular flexibility index (Phi) is 8.51. The molecule has 2 saturated carbocycles. The van der Waals surface area contributed by atoms with E-state index in [9.17, 15) is 10.2 Å². The van der Waals surface area contributed by atoms with Gasteiger partial charge in [0.25, 0.3) is 0 Å². The van der Waals surface area contributed by atoms with Crippen molar-refractivity contribution in [3.63, 3.8) is 0 Å². The minimum Gasteiger partial charge on any atom is -0.392 e. The van der Waals surface area contributed by atoms with Gasteiger partial charge in [-0.25, -0.2) is 0 Å².